The van der Waals surface area contributed by atoms with Gasteiger partial charge in [-0.1, -0.05) is 42.9 Å². The lowest BCUT2D eigenvalue weighted by Crippen LogP contribution is -2.41. The van der Waals surface area contributed by atoms with E-state index in [2.05, 4.69) is 27.3 Å². The number of nitrogens with one attached hydrogen (secondary N) is 1. The van der Waals surface area contributed by atoms with E-state index in [9.17, 15) is 4.79 Å². The summed E-state index contributed by atoms with van der Waals surface area (Å²) in [7, 11) is 0. The molecule has 0 radical (unpaired) electrons. The second-order valence-corrected chi connectivity index (χ2v) is 8.45. The van der Waals surface area contributed by atoms with Crippen molar-refractivity contribution < 1.29 is 4.79 Å². The first-order valence-corrected chi connectivity index (χ1v) is 10.0. The minimum Gasteiger partial charge on any atom is -0.352 e. The largest absolute Gasteiger partial charge is 0.352 e. The summed E-state index contributed by atoms with van der Waals surface area (Å²) in [4.78, 5) is 14.4. The van der Waals surface area contributed by atoms with Crippen LogP contribution in [0.4, 0.5) is 5.13 Å². The fourth-order valence-electron chi connectivity index (χ4n) is 3.20. The molecule has 1 saturated carbocycles. The highest BCUT2D eigenvalue weighted by atomic mass is 32.2. The zero-order valence-electron chi connectivity index (χ0n) is 13.1. The fourth-order valence-corrected chi connectivity index (χ4v) is 4.91. The van der Waals surface area contributed by atoms with Crippen molar-refractivity contribution in [2.75, 3.05) is 23.7 Å². The lowest BCUT2D eigenvalue weighted by molar-refractivity contribution is -0.119. The molecular weight excluding hydrogens is 316 g/mol. The molecule has 2 aliphatic rings. The molecule has 1 aromatic heterocycles. The van der Waals surface area contributed by atoms with Gasteiger partial charge < -0.3 is 10.2 Å². The molecule has 0 bridgehead atoms. The van der Waals surface area contributed by atoms with Gasteiger partial charge in [0.25, 0.3) is 0 Å². The highest BCUT2D eigenvalue weighted by molar-refractivity contribution is 8.01. The first kappa shape index (κ1) is 16.1. The van der Waals surface area contributed by atoms with Crippen LogP contribution < -0.4 is 10.2 Å². The van der Waals surface area contributed by atoms with Gasteiger partial charge in [0.05, 0.1) is 5.75 Å². The maximum Gasteiger partial charge on any atom is 0.230 e. The first-order chi connectivity index (χ1) is 10.7. The smallest absolute Gasteiger partial charge is 0.230 e. The van der Waals surface area contributed by atoms with Crippen molar-refractivity contribution in [2.24, 2.45) is 5.92 Å². The van der Waals surface area contributed by atoms with Gasteiger partial charge in [-0.15, -0.1) is 10.2 Å². The molecule has 1 amide bonds. The molecule has 1 aromatic rings. The first-order valence-electron chi connectivity index (χ1n) is 8.23. The summed E-state index contributed by atoms with van der Waals surface area (Å²) in [6.07, 6.45) is 7.36. The van der Waals surface area contributed by atoms with Crippen LogP contribution in [0.15, 0.2) is 4.34 Å². The molecule has 2 heterocycles. The third-order valence-corrected chi connectivity index (χ3v) is 6.67. The number of carbonyl (C=O) groups is 1. The van der Waals surface area contributed by atoms with Gasteiger partial charge in [0.2, 0.25) is 11.0 Å². The van der Waals surface area contributed by atoms with Gasteiger partial charge in [0.1, 0.15) is 0 Å². The second-order valence-electron chi connectivity index (χ2n) is 6.27. The van der Waals surface area contributed by atoms with Crippen molar-refractivity contribution >= 4 is 34.1 Å². The van der Waals surface area contributed by atoms with Crippen LogP contribution in [0.5, 0.6) is 0 Å². The molecule has 1 aliphatic carbocycles. The van der Waals surface area contributed by atoms with Gasteiger partial charge >= 0.3 is 0 Å². The summed E-state index contributed by atoms with van der Waals surface area (Å²) < 4.78 is 0.897. The zero-order chi connectivity index (χ0) is 15.4. The molecule has 5 nitrogen and oxygen atoms in total. The SMILES string of the molecule is C[C@H]1CCCC[C@H]1NC(=O)CSc1nnc(N2CCCC2)s1. The van der Waals surface area contributed by atoms with Crippen molar-refractivity contribution in [3.63, 3.8) is 0 Å². The quantitative estimate of drug-likeness (QED) is 0.835. The molecule has 2 atom stereocenters. The lowest BCUT2D eigenvalue weighted by Gasteiger charge is -2.29. The molecule has 122 valence electrons. The van der Waals surface area contributed by atoms with Crippen molar-refractivity contribution in [1.29, 1.82) is 0 Å². The molecule has 7 heteroatoms. The van der Waals surface area contributed by atoms with Crippen LogP contribution in [0.2, 0.25) is 0 Å². The molecule has 1 N–H and O–H groups in total. The van der Waals surface area contributed by atoms with Gasteiger partial charge in [-0.05, 0) is 31.6 Å². The Kier molecular flexibility index (Phi) is 5.57. The fraction of sp³-hybridized carbons (Fsp3) is 0.800. The van der Waals surface area contributed by atoms with E-state index in [1.54, 1.807) is 11.3 Å². The normalized spacial score (nSPS) is 25.4. The van der Waals surface area contributed by atoms with Gasteiger partial charge in [0.15, 0.2) is 4.34 Å². The number of nitrogens with zero attached hydrogens (tertiary/aromatic N) is 3. The molecule has 0 aromatic carbocycles. The Morgan fingerprint density at radius 1 is 1.27 bits per heavy atom. The minimum atomic E-state index is 0.127. The summed E-state index contributed by atoms with van der Waals surface area (Å²) in [5.74, 6) is 1.17. The minimum absolute atomic E-state index is 0.127. The highest BCUT2D eigenvalue weighted by Crippen LogP contribution is 2.30. The van der Waals surface area contributed by atoms with E-state index in [0.717, 1.165) is 29.0 Å². The average molecular weight is 341 g/mol. The molecular formula is C15H24N4OS2. The van der Waals surface area contributed by atoms with Crippen LogP contribution in [0, 0.1) is 5.92 Å². The van der Waals surface area contributed by atoms with Crippen molar-refractivity contribution in [1.82, 2.24) is 15.5 Å². The molecule has 3 rings (SSSR count). The number of aromatic nitrogens is 2. The number of anilines is 1. The Morgan fingerprint density at radius 3 is 2.82 bits per heavy atom. The van der Waals surface area contributed by atoms with Gasteiger partial charge in [-0.25, -0.2) is 0 Å². The van der Waals surface area contributed by atoms with E-state index in [0.29, 0.717) is 17.7 Å². The Morgan fingerprint density at radius 2 is 2.05 bits per heavy atom. The van der Waals surface area contributed by atoms with Crippen molar-refractivity contribution in [2.45, 2.75) is 55.8 Å². The van der Waals surface area contributed by atoms with Crippen LogP contribution in [-0.2, 0) is 4.79 Å². The molecule has 0 unspecified atom stereocenters. The van der Waals surface area contributed by atoms with E-state index < -0.39 is 0 Å². The van der Waals surface area contributed by atoms with Crippen molar-refractivity contribution in [3.05, 3.63) is 0 Å². The Bertz CT molecular complexity index is 501. The summed E-state index contributed by atoms with van der Waals surface area (Å²) in [5.41, 5.74) is 0. The summed E-state index contributed by atoms with van der Waals surface area (Å²) >= 11 is 3.11. The number of hydrogen-bond donors (Lipinski definition) is 1. The van der Waals surface area contributed by atoms with E-state index in [1.807, 2.05) is 0 Å². The third kappa shape index (κ3) is 4.13. The van der Waals surface area contributed by atoms with Crippen LogP contribution in [-0.4, -0.2) is 41.0 Å². The highest BCUT2D eigenvalue weighted by Gasteiger charge is 2.23. The summed E-state index contributed by atoms with van der Waals surface area (Å²) in [6.45, 7) is 4.41. The van der Waals surface area contributed by atoms with Crippen LogP contribution >= 0.6 is 23.1 Å². The topological polar surface area (TPSA) is 58.1 Å². The molecule has 1 saturated heterocycles. The standard InChI is InChI=1S/C15H24N4OS2/c1-11-6-2-3-7-12(11)16-13(20)10-21-15-18-17-14(22-15)19-8-4-5-9-19/h11-12H,2-10H2,1H3,(H,16,20)/t11-,12+/m0/s1. The van der Waals surface area contributed by atoms with Crippen LogP contribution in [0.1, 0.15) is 45.4 Å². The van der Waals surface area contributed by atoms with E-state index in [1.165, 1.54) is 43.9 Å². The number of carbonyl (C=O) groups excluding carboxylic acids is 1. The Balaban J connectivity index is 1.44. The predicted molar refractivity (Wildman–Crippen MR) is 91.6 cm³/mol. The number of hydrogen-bond acceptors (Lipinski definition) is 6. The Hall–Kier alpha value is -0.820. The average Bonchev–Trinajstić information content (AvgIpc) is 3.18. The molecule has 0 spiro atoms. The Labute approximate surface area is 140 Å². The van der Waals surface area contributed by atoms with Crippen molar-refractivity contribution in [3.8, 4) is 0 Å². The molecule has 1 aliphatic heterocycles. The van der Waals surface area contributed by atoms with E-state index >= 15 is 0 Å². The molecule has 2 fully saturated rings. The van der Waals surface area contributed by atoms with Crippen LogP contribution in [0.25, 0.3) is 0 Å². The van der Waals surface area contributed by atoms with Gasteiger partial charge in [-0.2, -0.15) is 0 Å². The monoisotopic (exact) mass is 340 g/mol. The molecule has 22 heavy (non-hydrogen) atoms. The maximum absolute atomic E-state index is 12.1. The third-order valence-electron chi connectivity index (χ3n) is 4.56. The van der Waals surface area contributed by atoms with Gasteiger partial charge in [-0.3, -0.25) is 4.79 Å². The van der Waals surface area contributed by atoms with E-state index in [-0.39, 0.29) is 5.91 Å². The van der Waals surface area contributed by atoms with E-state index in [4.69, 9.17) is 0 Å². The second kappa shape index (κ2) is 7.64. The number of thioether (sulfide) groups is 1. The zero-order valence-corrected chi connectivity index (χ0v) is 14.7. The lowest BCUT2D eigenvalue weighted by atomic mass is 9.86. The summed E-state index contributed by atoms with van der Waals surface area (Å²) in [5, 5.41) is 12.6. The van der Waals surface area contributed by atoms with Gasteiger partial charge in [0, 0.05) is 19.1 Å². The number of amides is 1. The predicted octanol–water partition coefficient (Wildman–Crippen LogP) is 2.93. The van der Waals surface area contributed by atoms with Crippen LogP contribution in [0.3, 0.4) is 0 Å². The number of rotatable bonds is 5. The maximum atomic E-state index is 12.1. The summed E-state index contributed by atoms with van der Waals surface area (Å²) in [6, 6.07) is 0.358.